The lowest BCUT2D eigenvalue weighted by Gasteiger charge is -2.31. The Morgan fingerprint density at radius 3 is 2.75 bits per heavy atom. The van der Waals surface area contributed by atoms with Gasteiger partial charge < -0.3 is 19.8 Å². The molecule has 0 spiro atoms. The third-order valence-corrected chi connectivity index (χ3v) is 4.14. The largest absolute Gasteiger partial charge is 0.508 e. The van der Waals surface area contributed by atoms with Crippen LogP contribution in [0.25, 0.3) is 0 Å². The second-order valence-corrected chi connectivity index (χ2v) is 5.80. The highest BCUT2D eigenvalue weighted by molar-refractivity contribution is 5.39. The van der Waals surface area contributed by atoms with E-state index in [9.17, 15) is 10.2 Å². The van der Waals surface area contributed by atoms with Gasteiger partial charge in [0.1, 0.15) is 11.5 Å². The highest BCUT2D eigenvalue weighted by atomic mass is 16.5. The molecule has 0 aromatic heterocycles. The van der Waals surface area contributed by atoms with Crippen LogP contribution >= 0.6 is 0 Å². The molecule has 2 unspecified atom stereocenters. The number of hydrogen-bond acceptors (Lipinski definition) is 4. The molecule has 0 amide bonds. The number of aliphatic hydroxyl groups excluding tert-OH is 1. The fraction of sp³-hybridized carbons (Fsp3) is 0.625. The predicted octanol–water partition coefficient (Wildman–Crippen LogP) is 2.38. The van der Waals surface area contributed by atoms with Crippen LogP contribution in [-0.2, 0) is 6.54 Å². The fourth-order valence-corrected chi connectivity index (χ4v) is 2.97. The van der Waals surface area contributed by atoms with Gasteiger partial charge in [-0.3, -0.25) is 0 Å². The second kappa shape index (κ2) is 6.95. The van der Waals surface area contributed by atoms with E-state index in [0.717, 1.165) is 37.1 Å². The van der Waals surface area contributed by atoms with Crippen LogP contribution in [0.15, 0.2) is 18.2 Å². The number of methoxy groups -OCH3 is 1. The molecule has 0 bridgehead atoms. The number of rotatable bonds is 5. The second-order valence-electron chi connectivity index (χ2n) is 5.80. The van der Waals surface area contributed by atoms with Crippen LogP contribution in [0.4, 0.5) is 0 Å². The molecule has 2 rings (SSSR count). The van der Waals surface area contributed by atoms with Crippen LogP contribution < -0.4 is 4.74 Å². The zero-order valence-corrected chi connectivity index (χ0v) is 12.4. The van der Waals surface area contributed by atoms with Gasteiger partial charge in [-0.05, 0) is 44.0 Å². The van der Waals surface area contributed by atoms with Crippen molar-refractivity contribution in [1.29, 1.82) is 0 Å². The summed E-state index contributed by atoms with van der Waals surface area (Å²) in [4.78, 5) is 2.16. The van der Waals surface area contributed by atoms with Gasteiger partial charge in [-0.2, -0.15) is 0 Å². The van der Waals surface area contributed by atoms with Gasteiger partial charge in [0.2, 0.25) is 0 Å². The van der Waals surface area contributed by atoms with Crippen LogP contribution in [0.1, 0.15) is 31.2 Å². The van der Waals surface area contributed by atoms with E-state index in [1.54, 1.807) is 19.2 Å². The molecule has 0 saturated heterocycles. The van der Waals surface area contributed by atoms with Crippen molar-refractivity contribution in [1.82, 2.24) is 4.90 Å². The molecule has 1 aromatic carbocycles. The summed E-state index contributed by atoms with van der Waals surface area (Å²) in [7, 11) is 3.65. The Bertz CT molecular complexity index is 436. The molecule has 112 valence electrons. The standard InChI is InChI=1S/C16H25NO3/c1-17(10-12-5-3-4-6-15(12)18)11-13-9-14(20-2)7-8-16(13)19/h7-9,12,15,18-19H,3-6,10-11H2,1-2H3. The Balaban J connectivity index is 1.95. The van der Waals surface area contributed by atoms with Crippen molar-refractivity contribution in [3.8, 4) is 11.5 Å². The van der Waals surface area contributed by atoms with E-state index in [2.05, 4.69) is 4.90 Å². The minimum absolute atomic E-state index is 0.176. The number of phenols is 1. The molecule has 20 heavy (non-hydrogen) atoms. The van der Waals surface area contributed by atoms with E-state index in [-0.39, 0.29) is 6.10 Å². The first-order valence-corrected chi connectivity index (χ1v) is 7.32. The molecule has 1 saturated carbocycles. The first-order valence-electron chi connectivity index (χ1n) is 7.32. The number of aromatic hydroxyl groups is 1. The monoisotopic (exact) mass is 279 g/mol. The molecule has 0 radical (unpaired) electrons. The molecular formula is C16H25NO3. The molecule has 0 aliphatic heterocycles. The topological polar surface area (TPSA) is 52.9 Å². The molecule has 4 heteroatoms. The summed E-state index contributed by atoms with van der Waals surface area (Å²) >= 11 is 0. The van der Waals surface area contributed by atoms with Gasteiger partial charge >= 0.3 is 0 Å². The van der Waals surface area contributed by atoms with E-state index in [1.165, 1.54) is 6.42 Å². The number of hydrogen-bond donors (Lipinski definition) is 2. The van der Waals surface area contributed by atoms with Crippen molar-refractivity contribution < 1.29 is 14.9 Å². The maximum absolute atomic E-state index is 10.0. The number of phenolic OH excluding ortho intramolecular Hbond substituents is 1. The van der Waals surface area contributed by atoms with Gasteiger partial charge in [-0.1, -0.05) is 12.8 Å². The molecule has 1 aliphatic carbocycles. The van der Waals surface area contributed by atoms with Gasteiger partial charge in [0, 0.05) is 18.7 Å². The van der Waals surface area contributed by atoms with Crippen LogP contribution in [0.2, 0.25) is 0 Å². The van der Waals surface area contributed by atoms with Crippen LogP contribution in [-0.4, -0.2) is 41.9 Å². The SMILES string of the molecule is COc1ccc(O)c(CN(C)CC2CCCCC2O)c1. The summed E-state index contributed by atoms with van der Waals surface area (Å²) in [5.74, 6) is 1.40. The lowest BCUT2D eigenvalue weighted by molar-refractivity contribution is 0.0500. The first kappa shape index (κ1) is 15.1. The third-order valence-electron chi connectivity index (χ3n) is 4.14. The van der Waals surface area contributed by atoms with Gasteiger partial charge in [0.05, 0.1) is 13.2 Å². The number of aliphatic hydroxyl groups is 1. The maximum Gasteiger partial charge on any atom is 0.120 e. The van der Waals surface area contributed by atoms with E-state index >= 15 is 0 Å². The third kappa shape index (κ3) is 3.87. The summed E-state index contributed by atoms with van der Waals surface area (Å²) in [6.07, 6.45) is 4.18. The number of nitrogens with zero attached hydrogens (tertiary/aromatic N) is 1. The van der Waals surface area contributed by atoms with Crippen LogP contribution in [0.3, 0.4) is 0 Å². The minimum atomic E-state index is -0.176. The summed E-state index contributed by atoms with van der Waals surface area (Å²) in [5, 5.41) is 19.9. The molecule has 2 N–H and O–H groups in total. The predicted molar refractivity (Wildman–Crippen MR) is 79.0 cm³/mol. The molecule has 0 heterocycles. The number of ether oxygens (including phenoxy) is 1. The minimum Gasteiger partial charge on any atom is -0.508 e. The normalized spacial score (nSPS) is 23.0. The Morgan fingerprint density at radius 1 is 1.30 bits per heavy atom. The zero-order valence-electron chi connectivity index (χ0n) is 12.4. The lowest BCUT2D eigenvalue weighted by Crippen LogP contribution is -2.34. The summed E-state index contributed by atoms with van der Waals surface area (Å²) in [5.41, 5.74) is 0.858. The molecule has 2 atom stereocenters. The van der Waals surface area contributed by atoms with E-state index in [1.807, 2.05) is 13.1 Å². The highest BCUT2D eigenvalue weighted by Crippen LogP contribution is 2.27. The molecular weight excluding hydrogens is 254 g/mol. The van der Waals surface area contributed by atoms with Crippen molar-refractivity contribution in [3.63, 3.8) is 0 Å². The number of benzene rings is 1. The zero-order chi connectivity index (χ0) is 14.5. The summed E-state index contributed by atoms with van der Waals surface area (Å²) < 4.78 is 5.19. The van der Waals surface area contributed by atoms with Crippen molar-refractivity contribution in [2.75, 3.05) is 20.7 Å². The molecule has 1 aromatic rings. The van der Waals surface area contributed by atoms with Crippen molar-refractivity contribution >= 4 is 0 Å². The average molecular weight is 279 g/mol. The molecule has 4 nitrogen and oxygen atoms in total. The first-order chi connectivity index (χ1) is 9.60. The molecule has 1 fully saturated rings. The fourth-order valence-electron chi connectivity index (χ4n) is 2.97. The maximum atomic E-state index is 10.0. The highest BCUT2D eigenvalue weighted by Gasteiger charge is 2.24. The Morgan fingerprint density at radius 2 is 2.05 bits per heavy atom. The van der Waals surface area contributed by atoms with Crippen LogP contribution in [0.5, 0.6) is 11.5 Å². The van der Waals surface area contributed by atoms with E-state index in [0.29, 0.717) is 18.2 Å². The Labute approximate surface area is 121 Å². The van der Waals surface area contributed by atoms with E-state index < -0.39 is 0 Å². The quantitative estimate of drug-likeness (QED) is 0.869. The average Bonchev–Trinajstić information content (AvgIpc) is 2.44. The van der Waals surface area contributed by atoms with Gasteiger partial charge in [-0.25, -0.2) is 0 Å². The Kier molecular flexibility index (Phi) is 5.26. The summed E-state index contributed by atoms with van der Waals surface area (Å²) in [6, 6.07) is 5.28. The lowest BCUT2D eigenvalue weighted by atomic mass is 9.86. The van der Waals surface area contributed by atoms with Crippen molar-refractivity contribution in [2.24, 2.45) is 5.92 Å². The van der Waals surface area contributed by atoms with Crippen molar-refractivity contribution in [2.45, 2.75) is 38.3 Å². The smallest absolute Gasteiger partial charge is 0.120 e. The van der Waals surface area contributed by atoms with Gasteiger partial charge in [0.15, 0.2) is 0 Å². The van der Waals surface area contributed by atoms with Crippen molar-refractivity contribution in [3.05, 3.63) is 23.8 Å². The van der Waals surface area contributed by atoms with Crippen LogP contribution in [0, 0.1) is 5.92 Å². The van der Waals surface area contributed by atoms with E-state index in [4.69, 9.17) is 4.74 Å². The molecule has 1 aliphatic rings. The Hall–Kier alpha value is -1.26. The van der Waals surface area contributed by atoms with Gasteiger partial charge in [-0.15, -0.1) is 0 Å². The summed E-state index contributed by atoms with van der Waals surface area (Å²) in [6.45, 7) is 1.52. The van der Waals surface area contributed by atoms with Gasteiger partial charge in [0.25, 0.3) is 0 Å².